The standard InChI is InChI=1S/C27H18N4/c1-2-9-19(10-3-1)22-17-16-21-20-11-4-5-14-25(20)31(27(21)30-22)26-15-8-13-24(29-26)23-12-6-7-18-28-23/h1-18H. The van der Waals surface area contributed by atoms with Crippen LogP contribution in [0.25, 0.3) is 50.4 Å². The number of fused-ring (bicyclic) bond motifs is 3. The molecule has 2 aromatic carbocycles. The van der Waals surface area contributed by atoms with E-state index in [2.05, 4.69) is 58.1 Å². The molecule has 4 aromatic heterocycles. The third-order valence-corrected chi connectivity index (χ3v) is 5.48. The highest BCUT2D eigenvalue weighted by molar-refractivity contribution is 6.08. The van der Waals surface area contributed by atoms with Gasteiger partial charge in [-0.1, -0.05) is 60.7 Å². The number of rotatable bonds is 3. The molecule has 4 heterocycles. The lowest BCUT2D eigenvalue weighted by Crippen LogP contribution is -2.00. The maximum absolute atomic E-state index is 5.07. The average molecular weight is 398 g/mol. The van der Waals surface area contributed by atoms with Crippen molar-refractivity contribution in [2.45, 2.75) is 0 Å². The minimum absolute atomic E-state index is 0.826. The molecule has 4 heteroatoms. The minimum atomic E-state index is 0.826. The van der Waals surface area contributed by atoms with Crippen molar-refractivity contribution in [1.82, 2.24) is 19.5 Å². The molecule has 0 atom stereocenters. The van der Waals surface area contributed by atoms with E-state index in [1.807, 2.05) is 54.6 Å². The first kappa shape index (κ1) is 17.5. The Morgan fingerprint density at radius 3 is 2.19 bits per heavy atom. The number of hydrogen-bond acceptors (Lipinski definition) is 3. The van der Waals surface area contributed by atoms with Crippen molar-refractivity contribution in [2.24, 2.45) is 0 Å². The molecule has 146 valence electrons. The van der Waals surface area contributed by atoms with Gasteiger partial charge in [0.25, 0.3) is 0 Å². The zero-order valence-electron chi connectivity index (χ0n) is 16.7. The Hall–Kier alpha value is -4.31. The van der Waals surface area contributed by atoms with Gasteiger partial charge in [0, 0.05) is 22.5 Å². The summed E-state index contributed by atoms with van der Waals surface area (Å²) in [5.41, 5.74) is 5.70. The number of para-hydroxylation sites is 1. The van der Waals surface area contributed by atoms with Gasteiger partial charge in [0.05, 0.1) is 22.6 Å². The molecule has 0 fully saturated rings. The summed E-state index contributed by atoms with van der Waals surface area (Å²) >= 11 is 0. The molecule has 0 spiro atoms. The summed E-state index contributed by atoms with van der Waals surface area (Å²) in [5, 5.41) is 2.27. The van der Waals surface area contributed by atoms with Gasteiger partial charge in [-0.05, 0) is 42.5 Å². The Balaban J connectivity index is 1.63. The topological polar surface area (TPSA) is 43.6 Å². The van der Waals surface area contributed by atoms with Crippen LogP contribution in [0.2, 0.25) is 0 Å². The van der Waals surface area contributed by atoms with E-state index in [9.17, 15) is 0 Å². The maximum atomic E-state index is 5.07. The van der Waals surface area contributed by atoms with Gasteiger partial charge in [-0.15, -0.1) is 0 Å². The van der Waals surface area contributed by atoms with Crippen LogP contribution in [0.15, 0.2) is 109 Å². The van der Waals surface area contributed by atoms with Gasteiger partial charge in [-0.2, -0.15) is 0 Å². The van der Waals surface area contributed by atoms with E-state index in [-0.39, 0.29) is 0 Å². The first-order valence-corrected chi connectivity index (χ1v) is 10.2. The lowest BCUT2D eigenvalue weighted by Gasteiger charge is -2.09. The zero-order chi connectivity index (χ0) is 20.6. The maximum Gasteiger partial charge on any atom is 0.147 e. The van der Waals surface area contributed by atoms with Crippen LogP contribution >= 0.6 is 0 Å². The van der Waals surface area contributed by atoms with Crippen LogP contribution < -0.4 is 0 Å². The smallest absolute Gasteiger partial charge is 0.147 e. The Labute approximate surface area is 179 Å². The SMILES string of the molecule is c1ccc(-c2ccc3c4ccccc4n(-c4cccc(-c5ccccn5)n4)c3n2)cc1. The van der Waals surface area contributed by atoms with Gasteiger partial charge >= 0.3 is 0 Å². The highest BCUT2D eigenvalue weighted by Gasteiger charge is 2.15. The summed E-state index contributed by atoms with van der Waals surface area (Å²) in [7, 11) is 0. The third kappa shape index (κ3) is 2.97. The van der Waals surface area contributed by atoms with Gasteiger partial charge in [0.2, 0.25) is 0 Å². The van der Waals surface area contributed by atoms with Crippen LogP contribution in [0, 0.1) is 0 Å². The second-order valence-corrected chi connectivity index (χ2v) is 7.38. The van der Waals surface area contributed by atoms with E-state index < -0.39 is 0 Å². The fourth-order valence-corrected chi connectivity index (χ4v) is 4.05. The van der Waals surface area contributed by atoms with E-state index in [0.29, 0.717) is 0 Å². The Bertz CT molecular complexity index is 1520. The quantitative estimate of drug-likeness (QED) is 0.351. The van der Waals surface area contributed by atoms with Crippen LogP contribution in [-0.4, -0.2) is 19.5 Å². The normalized spacial score (nSPS) is 11.2. The van der Waals surface area contributed by atoms with Crippen LogP contribution in [0.3, 0.4) is 0 Å². The summed E-state index contributed by atoms with van der Waals surface area (Å²) in [6, 6.07) is 34.8. The molecule has 0 N–H and O–H groups in total. The monoisotopic (exact) mass is 398 g/mol. The number of pyridine rings is 3. The van der Waals surface area contributed by atoms with E-state index in [1.54, 1.807) is 6.20 Å². The van der Waals surface area contributed by atoms with Crippen molar-refractivity contribution in [2.75, 3.05) is 0 Å². The molecular formula is C27H18N4. The van der Waals surface area contributed by atoms with E-state index in [4.69, 9.17) is 9.97 Å². The Morgan fingerprint density at radius 2 is 1.32 bits per heavy atom. The molecule has 0 saturated heterocycles. The first-order valence-electron chi connectivity index (χ1n) is 10.2. The predicted molar refractivity (Wildman–Crippen MR) is 125 cm³/mol. The lowest BCUT2D eigenvalue weighted by molar-refractivity contribution is 1.06. The molecule has 0 aliphatic rings. The van der Waals surface area contributed by atoms with Crippen molar-refractivity contribution in [1.29, 1.82) is 0 Å². The number of nitrogens with zero attached hydrogens (tertiary/aromatic N) is 4. The molecule has 4 nitrogen and oxygen atoms in total. The van der Waals surface area contributed by atoms with Crippen molar-refractivity contribution in [3.05, 3.63) is 109 Å². The molecule has 0 aliphatic carbocycles. The summed E-state index contributed by atoms with van der Waals surface area (Å²) in [4.78, 5) is 14.5. The predicted octanol–water partition coefficient (Wildman–Crippen LogP) is 6.30. The minimum Gasteiger partial charge on any atom is -0.278 e. The number of aromatic nitrogens is 4. The van der Waals surface area contributed by atoms with Gasteiger partial charge in [-0.3, -0.25) is 9.55 Å². The van der Waals surface area contributed by atoms with Gasteiger partial charge in [-0.25, -0.2) is 9.97 Å². The zero-order valence-corrected chi connectivity index (χ0v) is 16.7. The molecule has 31 heavy (non-hydrogen) atoms. The van der Waals surface area contributed by atoms with E-state index >= 15 is 0 Å². The fraction of sp³-hybridized carbons (Fsp3) is 0. The fourth-order valence-electron chi connectivity index (χ4n) is 4.05. The molecular weight excluding hydrogens is 380 g/mol. The second kappa shape index (κ2) is 7.18. The largest absolute Gasteiger partial charge is 0.278 e. The molecule has 0 aliphatic heterocycles. The highest BCUT2D eigenvalue weighted by atomic mass is 15.1. The van der Waals surface area contributed by atoms with Crippen LogP contribution in [0.4, 0.5) is 0 Å². The molecule has 0 saturated carbocycles. The van der Waals surface area contributed by atoms with Crippen molar-refractivity contribution in [3.63, 3.8) is 0 Å². The summed E-state index contributed by atoms with van der Waals surface area (Å²) in [5.74, 6) is 0.826. The highest BCUT2D eigenvalue weighted by Crippen LogP contribution is 2.32. The van der Waals surface area contributed by atoms with Crippen LogP contribution in [-0.2, 0) is 0 Å². The van der Waals surface area contributed by atoms with E-state index in [0.717, 1.165) is 50.4 Å². The summed E-state index contributed by atoms with van der Waals surface area (Å²) in [6.45, 7) is 0. The molecule has 0 bridgehead atoms. The molecule has 6 aromatic rings. The van der Waals surface area contributed by atoms with Gasteiger partial charge < -0.3 is 0 Å². The molecule has 0 unspecified atom stereocenters. The van der Waals surface area contributed by atoms with Crippen molar-refractivity contribution >= 4 is 21.9 Å². The van der Waals surface area contributed by atoms with Crippen molar-refractivity contribution in [3.8, 4) is 28.5 Å². The lowest BCUT2D eigenvalue weighted by atomic mass is 10.1. The van der Waals surface area contributed by atoms with Crippen molar-refractivity contribution < 1.29 is 0 Å². The van der Waals surface area contributed by atoms with Crippen LogP contribution in [0.5, 0.6) is 0 Å². The van der Waals surface area contributed by atoms with Crippen LogP contribution in [0.1, 0.15) is 0 Å². The van der Waals surface area contributed by atoms with Gasteiger partial charge in [0.15, 0.2) is 0 Å². The second-order valence-electron chi connectivity index (χ2n) is 7.38. The first-order chi connectivity index (χ1) is 15.4. The third-order valence-electron chi connectivity index (χ3n) is 5.48. The Kier molecular flexibility index (Phi) is 4.06. The molecule has 0 amide bonds. The number of hydrogen-bond donors (Lipinski definition) is 0. The Morgan fingerprint density at radius 1 is 0.516 bits per heavy atom. The van der Waals surface area contributed by atoms with Gasteiger partial charge in [0.1, 0.15) is 11.5 Å². The summed E-state index contributed by atoms with van der Waals surface area (Å²) < 4.78 is 2.14. The van der Waals surface area contributed by atoms with E-state index in [1.165, 1.54) is 0 Å². The summed E-state index contributed by atoms with van der Waals surface area (Å²) in [6.07, 6.45) is 1.79. The number of benzene rings is 2. The average Bonchev–Trinajstić information content (AvgIpc) is 3.19. The molecule has 0 radical (unpaired) electrons. The molecule has 6 rings (SSSR count).